The lowest BCUT2D eigenvalue weighted by atomic mass is 10.4. The van der Waals surface area contributed by atoms with E-state index in [0.29, 0.717) is 36.5 Å². The molecule has 0 saturated carbocycles. The minimum Gasteiger partial charge on any atom is -0.395 e. The van der Waals surface area contributed by atoms with Gasteiger partial charge >= 0.3 is 0 Å². The number of imidazole rings is 1. The molecule has 2 aromatic heterocycles. The quantitative estimate of drug-likeness (QED) is 0.821. The van der Waals surface area contributed by atoms with Crippen LogP contribution in [-0.4, -0.2) is 48.5 Å². The van der Waals surface area contributed by atoms with Crippen molar-refractivity contribution in [3.05, 3.63) is 12.7 Å². The van der Waals surface area contributed by atoms with Crippen LogP contribution in [0.5, 0.6) is 0 Å². The molecule has 1 unspecified atom stereocenters. The Kier molecular flexibility index (Phi) is 3.19. The van der Waals surface area contributed by atoms with Gasteiger partial charge in [-0.05, 0) is 0 Å². The lowest BCUT2D eigenvalue weighted by Crippen LogP contribution is -2.26. The molecule has 19 heavy (non-hydrogen) atoms. The lowest BCUT2D eigenvalue weighted by Gasteiger charge is -2.14. The fraction of sp³-hybridized carbons (Fsp3) is 0.455. The molecule has 1 fully saturated rings. The first-order valence-electron chi connectivity index (χ1n) is 5.92. The SMILES string of the molecule is O=C1CC(Br)CN1c1ncnc2c1ncn2CCO. The van der Waals surface area contributed by atoms with E-state index in [4.69, 9.17) is 5.11 Å². The summed E-state index contributed by atoms with van der Waals surface area (Å²) in [5.74, 6) is 0.562. The van der Waals surface area contributed by atoms with Crippen molar-refractivity contribution in [3.8, 4) is 0 Å². The molecule has 0 bridgehead atoms. The van der Waals surface area contributed by atoms with E-state index in [1.165, 1.54) is 6.33 Å². The largest absolute Gasteiger partial charge is 0.395 e. The van der Waals surface area contributed by atoms with E-state index in [2.05, 4.69) is 30.9 Å². The summed E-state index contributed by atoms with van der Waals surface area (Å²) in [5.41, 5.74) is 1.22. The van der Waals surface area contributed by atoms with Crippen LogP contribution in [0.2, 0.25) is 0 Å². The van der Waals surface area contributed by atoms with Crippen LogP contribution in [0.1, 0.15) is 6.42 Å². The van der Waals surface area contributed by atoms with Gasteiger partial charge < -0.3 is 9.67 Å². The number of carbonyl (C=O) groups excluding carboxylic acids is 1. The highest BCUT2D eigenvalue weighted by molar-refractivity contribution is 9.09. The molecule has 1 saturated heterocycles. The van der Waals surface area contributed by atoms with Crippen LogP contribution in [0.25, 0.3) is 11.2 Å². The summed E-state index contributed by atoms with van der Waals surface area (Å²) in [6.07, 6.45) is 3.48. The number of anilines is 1. The van der Waals surface area contributed by atoms with Gasteiger partial charge in [0, 0.05) is 24.3 Å². The van der Waals surface area contributed by atoms with Crippen molar-refractivity contribution in [2.75, 3.05) is 18.1 Å². The average Bonchev–Trinajstić information content (AvgIpc) is 2.94. The number of aliphatic hydroxyl groups excluding tert-OH is 1. The van der Waals surface area contributed by atoms with Gasteiger partial charge in [0.15, 0.2) is 17.0 Å². The van der Waals surface area contributed by atoms with Gasteiger partial charge in [-0.15, -0.1) is 0 Å². The summed E-state index contributed by atoms with van der Waals surface area (Å²) >= 11 is 3.45. The summed E-state index contributed by atoms with van der Waals surface area (Å²) in [6, 6.07) is 0. The van der Waals surface area contributed by atoms with Crippen LogP contribution < -0.4 is 4.90 Å². The molecule has 2 aromatic rings. The molecule has 1 aliphatic heterocycles. The molecule has 3 heterocycles. The Balaban J connectivity index is 2.07. The average molecular weight is 326 g/mol. The minimum absolute atomic E-state index is 0.0108. The summed E-state index contributed by atoms with van der Waals surface area (Å²) in [4.78, 5) is 26.3. The number of aliphatic hydroxyl groups is 1. The number of amides is 1. The zero-order chi connectivity index (χ0) is 13.4. The third kappa shape index (κ3) is 2.10. The van der Waals surface area contributed by atoms with E-state index < -0.39 is 0 Å². The molecule has 0 spiro atoms. The van der Waals surface area contributed by atoms with Crippen LogP contribution in [0.15, 0.2) is 12.7 Å². The van der Waals surface area contributed by atoms with Crippen molar-refractivity contribution < 1.29 is 9.90 Å². The molecular weight excluding hydrogens is 314 g/mol. The monoisotopic (exact) mass is 325 g/mol. The molecule has 0 aliphatic carbocycles. The summed E-state index contributed by atoms with van der Waals surface area (Å²) in [7, 11) is 0. The van der Waals surface area contributed by atoms with Crippen LogP contribution in [-0.2, 0) is 11.3 Å². The Labute approximate surface area is 117 Å². The van der Waals surface area contributed by atoms with Crippen molar-refractivity contribution in [1.82, 2.24) is 19.5 Å². The van der Waals surface area contributed by atoms with Gasteiger partial charge in [-0.3, -0.25) is 9.69 Å². The maximum Gasteiger partial charge on any atom is 0.229 e. The molecule has 0 radical (unpaired) electrons. The second-order valence-electron chi connectivity index (χ2n) is 4.34. The topological polar surface area (TPSA) is 84.1 Å². The van der Waals surface area contributed by atoms with Gasteiger partial charge in [0.25, 0.3) is 0 Å². The second-order valence-corrected chi connectivity index (χ2v) is 5.63. The van der Waals surface area contributed by atoms with E-state index in [1.54, 1.807) is 15.8 Å². The third-order valence-electron chi connectivity index (χ3n) is 3.06. The number of rotatable bonds is 3. The first kappa shape index (κ1) is 12.5. The number of hydrogen-bond acceptors (Lipinski definition) is 5. The molecule has 100 valence electrons. The smallest absolute Gasteiger partial charge is 0.229 e. The zero-order valence-corrected chi connectivity index (χ0v) is 11.6. The highest BCUT2D eigenvalue weighted by atomic mass is 79.9. The predicted molar refractivity (Wildman–Crippen MR) is 72.1 cm³/mol. The molecule has 1 N–H and O–H groups in total. The van der Waals surface area contributed by atoms with E-state index in [1.807, 2.05) is 0 Å². The number of hydrogen-bond donors (Lipinski definition) is 1. The van der Waals surface area contributed by atoms with Gasteiger partial charge in [0.05, 0.1) is 12.9 Å². The van der Waals surface area contributed by atoms with E-state index in [-0.39, 0.29) is 17.3 Å². The van der Waals surface area contributed by atoms with E-state index in [0.717, 1.165) is 0 Å². The molecule has 1 amide bonds. The highest BCUT2D eigenvalue weighted by Gasteiger charge is 2.31. The molecular formula is C11H12BrN5O2. The van der Waals surface area contributed by atoms with Crippen molar-refractivity contribution in [1.29, 1.82) is 0 Å². The first-order valence-corrected chi connectivity index (χ1v) is 6.83. The van der Waals surface area contributed by atoms with E-state index >= 15 is 0 Å². The molecule has 1 atom stereocenters. The van der Waals surface area contributed by atoms with Crippen LogP contribution >= 0.6 is 15.9 Å². The second kappa shape index (κ2) is 4.86. The molecule has 7 nitrogen and oxygen atoms in total. The standard InChI is InChI=1S/C11H12BrN5O2/c12-7-3-8(19)17(4-7)11-9-10(13-5-14-11)16(1-2-18)6-15-9/h5-7,18H,1-4H2. The minimum atomic E-state index is 0.0108. The highest BCUT2D eigenvalue weighted by Crippen LogP contribution is 2.27. The van der Waals surface area contributed by atoms with E-state index in [9.17, 15) is 4.79 Å². The normalized spacial score (nSPS) is 19.6. The Morgan fingerprint density at radius 2 is 2.26 bits per heavy atom. The Hall–Kier alpha value is -1.54. The van der Waals surface area contributed by atoms with Gasteiger partial charge in [-0.25, -0.2) is 15.0 Å². The summed E-state index contributed by atoms with van der Waals surface area (Å²) < 4.78 is 1.74. The van der Waals surface area contributed by atoms with Crippen LogP contribution in [0, 0.1) is 0 Å². The molecule has 3 rings (SSSR count). The van der Waals surface area contributed by atoms with Gasteiger partial charge in [-0.1, -0.05) is 15.9 Å². The number of carbonyl (C=O) groups is 1. The van der Waals surface area contributed by atoms with Gasteiger partial charge in [0.2, 0.25) is 5.91 Å². The van der Waals surface area contributed by atoms with Gasteiger partial charge in [-0.2, -0.15) is 0 Å². The zero-order valence-electron chi connectivity index (χ0n) is 10.0. The van der Waals surface area contributed by atoms with Gasteiger partial charge in [0.1, 0.15) is 6.33 Å². The fourth-order valence-corrected chi connectivity index (χ4v) is 2.77. The van der Waals surface area contributed by atoms with Crippen molar-refractivity contribution in [2.24, 2.45) is 0 Å². The molecule has 0 aromatic carbocycles. The Morgan fingerprint density at radius 1 is 1.42 bits per heavy atom. The number of aromatic nitrogens is 4. The number of halogens is 1. The third-order valence-corrected chi connectivity index (χ3v) is 3.67. The van der Waals surface area contributed by atoms with Crippen LogP contribution in [0.3, 0.4) is 0 Å². The summed E-state index contributed by atoms with van der Waals surface area (Å²) in [5, 5.41) is 8.99. The number of alkyl halides is 1. The fourth-order valence-electron chi connectivity index (χ4n) is 2.21. The number of fused-ring (bicyclic) bond motifs is 1. The predicted octanol–water partition coefficient (Wildman–Crippen LogP) is 0.319. The molecule has 1 aliphatic rings. The van der Waals surface area contributed by atoms with Crippen molar-refractivity contribution in [3.63, 3.8) is 0 Å². The van der Waals surface area contributed by atoms with Crippen molar-refractivity contribution in [2.45, 2.75) is 17.8 Å². The maximum absolute atomic E-state index is 11.9. The Morgan fingerprint density at radius 3 is 2.95 bits per heavy atom. The first-order chi connectivity index (χ1) is 9.20. The number of nitrogens with zero attached hydrogens (tertiary/aromatic N) is 5. The van der Waals surface area contributed by atoms with Crippen LogP contribution in [0.4, 0.5) is 5.82 Å². The molecule has 8 heteroatoms. The Bertz CT molecular complexity index is 629. The maximum atomic E-state index is 11.9. The summed E-state index contributed by atoms with van der Waals surface area (Å²) in [6.45, 7) is 1.01. The lowest BCUT2D eigenvalue weighted by molar-refractivity contribution is -0.117. The van der Waals surface area contributed by atoms with Crippen molar-refractivity contribution >= 4 is 38.8 Å².